The first kappa shape index (κ1) is 13.7. The summed E-state index contributed by atoms with van der Waals surface area (Å²) in [6.45, 7) is 1.63. The molecule has 6 nitrogen and oxygen atoms in total. The summed E-state index contributed by atoms with van der Waals surface area (Å²) in [6.07, 6.45) is 1.48. The number of nitrogen functional groups attached to an aromatic ring is 1. The van der Waals surface area contributed by atoms with Crippen molar-refractivity contribution in [2.24, 2.45) is 0 Å². The quantitative estimate of drug-likeness (QED) is 0.740. The molecular formula is C14H15N3O3. The first-order chi connectivity index (χ1) is 9.51. The Morgan fingerprint density at radius 1 is 1.35 bits per heavy atom. The van der Waals surface area contributed by atoms with E-state index in [-0.39, 0.29) is 5.56 Å². The molecule has 6 heteroatoms. The van der Waals surface area contributed by atoms with Gasteiger partial charge in [-0.15, -0.1) is 0 Å². The van der Waals surface area contributed by atoms with Crippen molar-refractivity contribution in [2.45, 2.75) is 6.92 Å². The number of ether oxygens (including phenoxy) is 1. The van der Waals surface area contributed by atoms with Crippen molar-refractivity contribution in [2.75, 3.05) is 18.1 Å². The number of benzene rings is 1. The van der Waals surface area contributed by atoms with E-state index in [0.717, 1.165) is 5.69 Å². The summed E-state index contributed by atoms with van der Waals surface area (Å²) in [4.78, 5) is 15.0. The Labute approximate surface area is 116 Å². The molecule has 0 aliphatic heterocycles. The summed E-state index contributed by atoms with van der Waals surface area (Å²) < 4.78 is 5.57. The number of nitrogens with one attached hydrogen (secondary N) is 1. The lowest BCUT2D eigenvalue weighted by Crippen LogP contribution is -2.02. The summed E-state index contributed by atoms with van der Waals surface area (Å²) in [6, 6.07) is 6.62. The second-order valence-electron chi connectivity index (χ2n) is 4.21. The van der Waals surface area contributed by atoms with Crippen LogP contribution in [0.4, 0.5) is 11.4 Å². The minimum Gasteiger partial charge on any atom is -0.478 e. The van der Waals surface area contributed by atoms with Gasteiger partial charge in [0.05, 0.1) is 28.8 Å². The Morgan fingerprint density at radius 2 is 2.10 bits per heavy atom. The van der Waals surface area contributed by atoms with Crippen LogP contribution in [-0.2, 0) is 0 Å². The molecule has 0 aliphatic carbocycles. The van der Waals surface area contributed by atoms with Crippen LogP contribution in [0.15, 0.2) is 30.5 Å². The van der Waals surface area contributed by atoms with Gasteiger partial charge in [-0.3, -0.25) is 4.98 Å². The van der Waals surface area contributed by atoms with Gasteiger partial charge in [-0.05, 0) is 25.1 Å². The number of hydrogen-bond acceptors (Lipinski definition) is 5. The van der Waals surface area contributed by atoms with Crippen LogP contribution in [0.3, 0.4) is 0 Å². The maximum atomic E-state index is 11.0. The first-order valence-corrected chi connectivity index (χ1v) is 5.96. The standard InChI is InChI=1S/C14H15N3O3/c1-8-11(14(18)19)5-10(7-17-8)20-9-3-4-13(16-2)12(15)6-9/h3-7,16H,15H2,1-2H3,(H,18,19). The molecule has 2 aromatic rings. The van der Waals surface area contributed by atoms with E-state index in [9.17, 15) is 4.79 Å². The van der Waals surface area contributed by atoms with Crippen molar-refractivity contribution in [1.82, 2.24) is 4.98 Å². The Kier molecular flexibility index (Phi) is 3.74. The van der Waals surface area contributed by atoms with E-state index in [1.165, 1.54) is 12.3 Å². The number of carbonyl (C=O) groups is 1. The van der Waals surface area contributed by atoms with Gasteiger partial charge in [-0.1, -0.05) is 0 Å². The van der Waals surface area contributed by atoms with Gasteiger partial charge in [0.15, 0.2) is 0 Å². The van der Waals surface area contributed by atoms with Crippen LogP contribution in [0.5, 0.6) is 11.5 Å². The van der Waals surface area contributed by atoms with E-state index in [2.05, 4.69) is 10.3 Å². The molecular weight excluding hydrogens is 258 g/mol. The maximum Gasteiger partial charge on any atom is 0.337 e. The van der Waals surface area contributed by atoms with E-state index >= 15 is 0 Å². The molecule has 20 heavy (non-hydrogen) atoms. The number of aromatic nitrogens is 1. The van der Waals surface area contributed by atoms with Gasteiger partial charge in [0.1, 0.15) is 11.5 Å². The van der Waals surface area contributed by atoms with Crippen LogP contribution in [-0.4, -0.2) is 23.1 Å². The van der Waals surface area contributed by atoms with Crippen LogP contribution in [0.2, 0.25) is 0 Å². The number of carboxylic acids is 1. The van der Waals surface area contributed by atoms with Crippen LogP contribution in [0, 0.1) is 6.92 Å². The lowest BCUT2D eigenvalue weighted by Gasteiger charge is -2.10. The molecule has 0 radical (unpaired) electrons. The third-order valence-corrected chi connectivity index (χ3v) is 2.82. The van der Waals surface area contributed by atoms with E-state index in [0.29, 0.717) is 22.9 Å². The summed E-state index contributed by atoms with van der Waals surface area (Å²) in [5, 5.41) is 12.0. The average molecular weight is 273 g/mol. The second kappa shape index (κ2) is 5.48. The fourth-order valence-electron chi connectivity index (χ4n) is 1.75. The minimum absolute atomic E-state index is 0.113. The van der Waals surface area contributed by atoms with Crippen molar-refractivity contribution < 1.29 is 14.6 Å². The van der Waals surface area contributed by atoms with E-state index < -0.39 is 5.97 Å². The monoisotopic (exact) mass is 273 g/mol. The number of carboxylic acid groups (broad SMARTS) is 1. The highest BCUT2D eigenvalue weighted by atomic mass is 16.5. The SMILES string of the molecule is CNc1ccc(Oc2cnc(C)c(C(=O)O)c2)cc1N. The molecule has 4 N–H and O–H groups in total. The lowest BCUT2D eigenvalue weighted by molar-refractivity contribution is 0.0695. The number of pyridine rings is 1. The molecule has 0 atom stereocenters. The van der Waals surface area contributed by atoms with Gasteiger partial charge in [0, 0.05) is 13.1 Å². The molecule has 0 saturated heterocycles. The van der Waals surface area contributed by atoms with Gasteiger partial charge in [0.25, 0.3) is 0 Å². The summed E-state index contributed by atoms with van der Waals surface area (Å²) >= 11 is 0. The van der Waals surface area contributed by atoms with Crippen molar-refractivity contribution in [3.63, 3.8) is 0 Å². The Morgan fingerprint density at radius 3 is 2.70 bits per heavy atom. The fourth-order valence-corrected chi connectivity index (χ4v) is 1.75. The third kappa shape index (κ3) is 2.80. The molecule has 0 spiro atoms. The van der Waals surface area contributed by atoms with E-state index in [1.807, 2.05) is 0 Å². The summed E-state index contributed by atoms with van der Waals surface area (Å²) in [5.41, 5.74) is 7.73. The number of nitrogens with zero attached hydrogens (tertiary/aromatic N) is 1. The van der Waals surface area contributed by atoms with Crippen molar-refractivity contribution >= 4 is 17.3 Å². The lowest BCUT2D eigenvalue weighted by atomic mass is 10.2. The van der Waals surface area contributed by atoms with E-state index in [4.69, 9.17) is 15.6 Å². The van der Waals surface area contributed by atoms with Gasteiger partial charge in [-0.2, -0.15) is 0 Å². The van der Waals surface area contributed by atoms with Crippen LogP contribution in [0.1, 0.15) is 16.1 Å². The first-order valence-electron chi connectivity index (χ1n) is 5.96. The molecule has 1 aromatic carbocycles. The normalized spacial score (nSPS) is 10.1. The summed E-state index contributed by atoms with van der Waals surface area (Å²) in [5.74, 6) is -0.168. The molecule has 1 heterocycles. The molecule has 0 aliphatic rings. The maximum absolute atomic E-state index is 11.0. The zero-order chi connectivity index (χ0) is 14.7. The highest BCUT2D eigenvalue weighted by Crippen LogP contribution is 2.28. The molecule has 0 fully saturated rings. The van der Waals surface area contributed by atoms with Crippen molar-refractivity contribution in [3.05, 3.63) is 41.7 Å². The fraction of sp³-hybridized carbons (Fsp3) is 0.143. The highest BCUT2D eigenvalue weighted by molar-refractivity contribution is 5.89. The van der Waals surface area contributed by atoms with Gasteiger partial charge in [-0.25, -0.2) is 4.79 Å². The zero-order valence-corrected chi connectivity index (χ0v) is 11.2. The van der Waals surface area contributed by atoms with Crippen molar-refractivity contribution in [3.8, 4) is 11.5 Å². The number of rotatable bonds is 4. The van der Waals surface area contributed by atoms with Gasteiger partial charge >= 0.3 is 5.97 Å². The smallest absolute Gasteiger partial charge is 0.337 e. The van der Waals surface area contributed by atoms with E-state index in [1.54, 1.807) is 32.2 Å². The predicted molar refractivity (Wildman–Crippen MR) is 76.4 cm³/mol. The number of hydrogen-bond donors (Lipinski definition) is 3. The third-order valence-electron chi connectivity index (χ3n) is 2.82. The van der Waals surface area contributed by atoms with Crippen LogP contribution < -0.4 is 15.8 Å². The highest BCUT2D eigenvalue weighted by Gasteiger charge is 2.10. The Balaban J connectivity index is 2.28. The van der Waals surface area contributed by atoms with Crippen molar-refractivity contribution in [1.29, 1.82) is 0 Å². The molecule has 104 valence electrons. The van der Waals surface area contributed by atoms with Crippen LogP contribution >= 0.6 is 0 Å². The minimum atomic E-state index is -1.04. The molecule has 0 amide bonds. The molecule has 1 aromatic heterocycles. The predicted octanol–water partition coefficient (Wildman–Crippen LogP) is 2.50. The molecule has 0 saturated carbocycles. The Hall–Kier alpha value is -2.76. The zero-order valence-electron chi connectivity index (χ0n) is 11.2. The number of nitrogens with two attached hydrogens (primary N) is 1. The largest absolute Gasteiger partial charge is 0.478 e. The average Bonchev–Trinajstić information content (AvgIpc) is 2.41. The molecule has 2 rings (SSSR count). The second-order valence-corrected chi connectivity index (χ2v) is 4.21. The topological polar surface area (TPSA) is 97.5 Å². The number of anilines is 2. The molecule has 0 bridgehead atoms. The van der Waals surface area contributed by atoms with Gasteiger partial charge < -0.3 is 20.9 Å². The summed E-state index contributed by atoms with van der Waals surface area (Å²) in [7, 11) is 1.77. The Bertz CT molecular complexity index is 656. The van der Waals surface area contributed by atoms with Gasteiger partial charge in [0.2, 0.25) is 0 Å². The molecule has 0 unspecified atom stereocenters. The number of aromatic carboxylic acids is 1. The number of aryl methyl sites for hydroxylation is 1. The van der Waals surface area contributed by atoms with Crippen LogP contribution in [0.25, 0.3) is 0 Å².